The highest BCUT2D eigenvalue weighted by molar-refractivity contribution is 5.92. The first-order chi connectivity index (χ1) is 11.5. The van der Waals surface area contributed by atoms with Crippen LogP contribution in [0.25, 0.3) is 6.08 Å². The summed E-state index contributed by atoms with van der Waals surface area (Å²) in [6.07, 6.45) is 4.40. The summed E-state index contributed by atoms with van der Waals surface area (Å²) in [6, 6.07) is 7.68. The number of amides is 1. The lowest BCUT2D eigenvalue weighted by Gasteiger charge is -2.35. The highest BCUT2D eigenvalue weighted by Crippen LogP contribution is 2.28. The average molecular weight is 329 g/mol. The molecule has 1 saturated heterocycles. The van der Waals surface area contributed by atoms with Crippen LogP contribution in [0.3, 0.4) is 0 Å². The zero-order valence-corrected chi connectivity index (χ0v) is 14.3. The highest BCUT2D eigenvalue weighted by Gasteiger charge is 2.34. The van der Waals surface area contributed by atoms with Crippen LogP contribution in [0.2, 0.25) is 0 Å². The molecule has 0 radical (unpaired) electrons. The summed E-state index contributed by atoms with van der Waals surface area (Å²) in [4.78, 5) is 14.3. The van der Waals surface area contributed by atoms with E-state index in [0.29, 0.717) is 24.3 Å². The summed E-state index contributed by atoms with van der Waals surface area (Å²) in [5, 5.41) is 12.3. The monoisotopic (exact) mass is 329 g/mol. The maximum atomic E-state index is 12.2. The molecule has 2 rings (SSSR count). The molecule has 1 N–H and O–H groups in total. The smallest absolute Gasteiger partial charge is 0.245 e. The molecule has 1 aromatic carbocycles. The molecule has 1 fully saturated rings. The standard InChI is InChI=1S/C18H23N3O3/c1-21-10-8-18(13-19,9-11-21)20-17(22)7-5-14-4-6-15(23-2)16(12-14)24-3/h4-7,12H,8-11H2,1-3H3,(H,20,22)/b7-5+. The maximum absolute atomic E-state index is 12.2. The maximum Gasteiger partial charge on any atom is 0.245 e. The van der Waals surface area contributed by atoms with E-state index in [1.165, 1.54) is 6.08 Å². The second-order valence-electron chi connectivity index (χ2n) is 5.93. The van der Waals surface area contributed by atoms with Crippen LogP contribution < -0.4 is 14.8 Å². The van der Waals surface area contributed by atoms with E-state index >= 15 is 0 Å². The normalized spacial score (nSPS) is 17.2. The van der Waals surface area contributed by atoms with Crippen molar-refractivity contribution in [1.29, 1.82) is 5.26 Å². The van der Waals surface area contributed by atoms with Gasteiger partial charge in [0.15, 0.2) is 11.5 Å². The zero-order chi connectivity index (χ0) is 17.6. The summed E-state index contributed by atoms with van der Waals surface area (Å²) in [7, 11) is 5.15. The summed E-state index contributed by atoms with van der Waals surface area (Å²) in [6.45, 7) is 1.60. The molecule has 0 aromatic heterocycles. The molecular weight excluding hydrogens is 306 g/mol. The fraction of sp³-hybridized carbons (Fsp3) is 0.444. The molecule has 0 atom stereocenters. The van der Waals surface area contributed by atoms with E-state index in [4.69, 9.17) is 9.47 Å². The molecule has 0 bridgehead atoms. The Morgan fingerprint density at radius 3 is 2.54 bits per heavy atom. The summed E-state index contributed by atoms with van der Waals surface area (Å²) >= 11 is 0. The van der Waals surface area contributed by atoms with Gasteiger partial charge < -0.3 is 19.7 Å². The topological polar surface area (TPSA) is 74.6 Å². The lowest BCUT2D eigenvalue weighted by Crippen LogP contribution is -2.53. The Hall–Kier alpha value is -2.52. The zero-order valence-electron chi connectivity index (χ0n) is 14.3. The molecule has 24 heavy (non-hydrogen) atoms. The van der Waals surface area contributed by atoms with Crippen molar-refractivity contribution in [3.05, 3.63) is 29.8 Å². The summed E-state index contributed by atoms with van der Waals surface area (Å²) < 4.78 is 10.4. The quantitative estimate of drug-likeness (QED) is 0.834. The number of ether oxygens (including phenoxy) is 2. The third-order valence-corrected chi connectivity index (χ3v) is 4.25. The van der Waals surface area contributed by atoms with Gasteiger partial charge in [0.1, 0.15) is 5.54 Å². The number of likely N-dealkylation sites (tertiary alicyclic amines) is 1. The van der Waals surface area contributed by atoms with Crippen LogP contribution in [0.1, 0.15) is 18.4 Å². The first kappa shape index (κ1) is 17.8. The number of hydrogen-bond acceptors (Lipinski definition) is 5. The van der Waals surface area contributed by atoms with Gasteiger partial charge in [0.2, 0.25) is 5.91 Å². The number of methoxy groups -OCH3 is 2. The van der Waals surface area contributed by atoms with E-state index in [2.05, 4.69) is 16.3 Å². The van der Waals surface area contributed by atoms with Crippen LogP contribution in [0.5, 0.6) is 11.5 Å². The molecule has 1 amide bonds. The van der Waals surface area contributed by atoms with E-state index < -0.39 is 5.54 Å². The Labute approximate surface area is 142 Å². The fourth-order valence-electron chi connectivity index (χ4n) is 2.67. The molecule has 0 spiro atoms. The van der Waals surface area contributed by atoms with E-state index in [0.717, 1.165) is 18.7 Å². The molecule has 0 unspecified atom stereocenters. The van der Waals surface area contributed by atoms with E-state index in [1.54, 1.807) is 32.4 Å². The van der Waals surface area contributed by atoms with Crippen molar-refractivity contribution < 1.29 is 14.3 Å². The third-order valence-electron chi connectivity index (χ3n) is 4.25. The van der Waals surface area contributed by atoms with Gasteiger partial charge in [0.25, 0.3) is 0 Å². The van der Waals surface area contributed by atoms with Crippen molar-refractivity contribution >= 4 is 12.0 Å². The second kappa shape index (κ2) is 7.84. The molecule has 1 aliphatic heterocycles. The van der Waals surface area contributed by atoms with E-state index in [9.17, 15) is 10.1 Å². The van der Waals surface area contributed by atoms with Crippen molar-refractivity contribution in [2.45, 2.75) is 18.4 Å². The highest BCUT2D eigenvalue weighted by atomic mass is 16.5. The number of rotatable bonds is 5. The molecule has 6 heteroatoms. The Morgan fingerprint density at radius 2 is 1.96 bits per heavy atom. The number of carbonyl (C=O) groups is 1. The number of nitriles is 1. The van der Waals surface area contributed by atoms with Gasteiger partial charge in [0.05, 0.1) is 20.3 Å². The van der Waals surface area contributed by atoms with E-state index in [-0.39, 0.29) is 5.91 Å². The van der Waals surface area contributed by atoms with Gasteiger partial charge in [-0.3, -0.25) is 4.79 Å². The molecule has 1 aliphatic rings. The van der Waals surface area contributed by atoms with Gasteiger partial charge in [-0.15, -0.1) is 0 Å². The van der Waals surface area contributed by atoms with Gasteiger partial charge in [-0.2, -0.15) is 5.26 Å². The fourth-order valence-corrected chi connectivity index (χ4v) is 2.67. The Morgan fingerprint density at radius 1 is 1.29 bits per heavy atom. The first-order valence-corrected chi connectivity index (χ1v) is 7.84. The van der Waals surface area contributed by atoms with Crippen LogP contribution in [-0.2, 0) is 4.79 Å². The predicted octanol–water partition coefficient (Wildman–Crippen LogP) is 1.82. The number of piperidine rings is 1. The van der Waals surface area contributed by atoms with Gasteiger partial charge in [0, 0.05) is 19.2 Å². The Bertz CT molecular complexity index is 656. The predicted molar refractivity (Wildman–Crippen MR) is 91.8 cm³/mol. The van der Waals surface area contributed by atoms with Crippen molar-refractivity contribution in [2.24, 2.45) is 0 Å². The minimum absolute atomic E-state index is 0.268. The number of nitrogens with zero attached hydrogens (tertiary/aromatic N) is 2. The molecule has 6 nitrogen and oxygen atoms in total. The van der Waals surface area contributed by atoms with Gasteiger partial charge in [-0.1, -0.05) is 6.07 Å². The van der Waals surface area contributed by atoms with Gasteiger partial charge >= 0.3 is 0 Å². The van der Waals surface area contributed by atoms with Gasteiger partial charge in [-0.05, 0) is 43.7 Å². The van der Waals surface area contributed by atoms with E-state index in [1.807, 2.05) is 13.1 Å². The molecule has 0 aliphatic carbocycles. The number of benzene rings is 1. The van der Waals surface area contributed by atoms with Crippen LogP contribution in [0.4, 0.5) is 0 Å². The largest absolute Gasteiger partial charge is 0.493 e. The van der Waals surface area contributed by atoms with Crippen molar-refractivity contribution in [3.63, 3.8) is 0 Å². The number of hydrogen-bond donors (Lipinski definition) is 1. The van der Waals surface area contributed by atoms with Crippen LogP contribution in [0, 0.1) is 11.3 Å². The lowest BCUT2D eigenvalue weighted by atomic mass is 9.89. The van der Waals surface area contributed by atoms with Crippen LogP contribution in [0.15, 0.2) is 24.3 Å². The second-order valence-corrected chi connectivity index (χ2v) is 5.93. The molecular formula is C18H23N3O3. The minimum Gasteiger partial charge on any atom is -0.493 e. The van der Waals surface area contributed by atoms with Crippen molar-refractivity contribution in [3.8, 4) is 17.6 Å². The lowest BCUT2D eigenvalue weighted by molar-refractivity contribution is -0.118. The van der Waals surface area contributed by atoms with Gasteiger partial charge in [-0.25, -0.2) is 0 Å². The molecule has 0 saturated carbocycles. The van der Waals surface area contributed by atoms with Crippen molar-refractivity contribution in [2.75, 3.05) is 34.4 Å². The molecule has 1 aromatic rings. The summed E-state index contributed by atoms with van der Waals surface area (Å²) in [5.74, 6) is 0.966. The third kappa shape index (κ3) is 4.27. The average Bonchev–Trinajstić information content (AvgIpc) is 2.61. The SMILES string of the molecule is COc1ccc(/C=C/C(=O)NC2(C#N)CCN(C)CC2)cc1OC. The first-order valence-electron chi connectivity index (χ1n) is 7.84. The van der Waals surface area contributed by atoms with Crippen LogP contribution >= 0.6 is 0 Å². The number of nitrogens with one attached hydrogen (secondary N) is 1. The van der Waals surface area contributed by atoms with Crippen LogP contribution in [-0.4, -0.2) is 50.7 Å². The summed E-state index contributed by atoms with van der Waals surface area (Å²) in [5.41, 5.74) is 0.0445. The minimum atomic E-state index is -0.772. The number of carbonyl (C=O) groups excluding carboxylic acids is 1. The molecule has 128 valence electrons. The van der Waals surface area contributed by atoms with Crippen molar-refractivity contribution in [1.82, 2.24) is 10.2 Å². The Balaban J connectivity index is 2.04. The Kier molecular flexibility index (Phi) is 5.83. The molecule has 1 heterocycles.